The summed E-state index contributed by atoms with van der Waals surface area (Å²) in [7, 11) is -2.61. The van der Waals surface area contributed by atoms with Crippen LogP contribution in [-0.2, 0) is 26.2 Å². The zero-order chi connectivity index (χ0) is 24.1. The van der Waals surface area contributed by atoms with Gasteiger partial charge in [-0.25, -0.2) is 8.42 Å². The lowest BCUT2D eigenvalue weighted by Gasteiger charge is -2.30. The molecule has 2 aromatic rings. The lowest BCUT2D eigenvalue weighted by molar-refractivity contribution is -0.140. The second-order valence-corrected chi connectivity index (χ2v) is 10.6. The van der Waals surface area contributed by atoms with Gasteiger partial charge in [-0.3, -0.25) is 9.59 Å². The Kier molecular flexibility index (Phi) is 9.09. The van der Waals surface area contributed by atoms with E-state index in [4.69, 9.17) is 23.2 Å². The molecule has 0 saturated carbocycles. The Hall–Kier alpha value is -2.13. The first-order valence-corrected chi connectivity index (χ1v) is 12.2. The molecule has 0 aromatic heterocycles. The molecule has 2 rings (SSSR count). The number of carbonyl (C=O) groups is 2. The van der Waals surface area contributed by atoms with Gasteiger partial charge in [0.2, 0.25) is 21.8 Å². The van der Waals surface area contributed by atoms with Crippen LogP contribution in [0.2, 0.25) is 10.0 Å². The van der Waals surface area contributed by atoms with Crippen LogP contribution in [-0.4, -0.2) is 55.1 Å². The van der Waals surface area contributed by atoms with Crippen molar-refractivity contribution in [3.05, 3.63) is 64.1 Å². The molecule has 0 saturated heterocycles. The number of hydrogen-bond acceptors (Lipinski definition) is 4. The van der Waals surface area contributed by atoms with E-state index in [1.165, 1.54) is 36.2 Å². The quantitative estimate of drug-likeness (QED) is 0.571. The largest absolute Gasteiger partial charge is 0.352 e. The Balaban J connectivity index is 2.27. The topological polar surface area (TPSA) is 86.8 Å². The molecule has 32 heavy (non-hydrogen) atoms. The molecule has 0 heterocycles. The van der Waals surface area contributed by atoms with E-state index in [0.717, 1.165) is 9.87 Å². The first-order valence-electron chi connectivity index (χ1n) is 9.98. The van der Waals surface area contributed by atoms with E-state index in [9.17, 15) is 18.0 Å². The Labute approximate surface area is 199 Å². The fraction of sp³-hybridized carbons (Fsp3) is 0.364. The van der Waals surface area contributed by atoms with Crippen molar-refractivity contribution in [2.24, 2.45) is 0 Å². The maximum atomic E-state index is 13.2. The summed E-state index contributed by atoms with van der Waals surface area (Å²) in [6.07, 6.45) is 0. The standard InChI is InChI=1S/C22H27Cl2N3O4S/c1-15(2)25-22(29)16(3)27(13-17-6-5-7-19(24)12-17)21(28)14-26(4)32(30,31)20-10-8-18(23)9-11-20/h5-12,15-16H,13-14H2,1-4H3,(H,25,29). The zero-order valence-electron chi connectivity index (χ0n) is 18.4. The Morgan fingerprint density at radius 2 is 1.62 bits per heavy atom. The van der Waals surface area contributed by atoms with Gasteiger partial charge in [-0.2, -0.15) is 4.31 Å². The fourth-order valence-corrected chi connectivity index (χ4v) is 4.43. The molecular weight excluding hydrogens is 473 g/mol. The van der Waals surface area contributed by atoms with Gasteiger partial charge in [0, 0.05) is 29.7 Å². The highest BCUT2D eigenvalue weighted by Crippen LogP contribution is 2.19. The number of nitrogens with zero attached hydrogens (tertiary/aromatic N) is 2. The van der Waals surface area contributed by atoms with Gasteiger partial charge >= 0.3 is 0 Å². The van der Waals surface area contributed by atoms with Gasteiger partial charge in [0.25, 0.3) is 0 Å². The van der Waals surface area contributed by atoms with Crippen LogP contribution in [0.3, 0.4) is 0 Å². The molecular formula is C22H27Cl2N3O4S. The van der Waals surface area contributed by atoms with E-state index in [-0.39, 0.29) is 23.4 Å². The molecule has 0 aliphatic carbocycles. The summed E-state index contributed by atoms with van der Waals surface area (Å²) in [4.78, 5) is 27.2. The van der Waals surface area contributed by atoms with Crippen LogP contribution in [0.15, 0.2) is 53.4 Å². The van der Waals surface area contributed by atoms with Crippen LogP contribution in [0.1, 0.15) is 26.3 Å². The summed E-state index contributed by atoms with van der Waals surface area (Å²) in [6.45, 7) is 4.90. The van der Waals surface area contributed by atoms with Gasteiger partial charge in [0.1, 0.15) is 6.04 Å². The van der Waals surface area contributed by atoms with E-state index in [2.05, 4.69) is 5.32 Å². The lowest BCUT2D eigenvalue weighted by Crippen LogP contribution is -2.51. The highest BCUT2D eigenvalue weighted by Gasteiger charge is 2.30. The predicted molar refractivity (Wildman–Crippen MR) is 126 cm³/mol. The summed E-state index contributed by atoms with van der Waals surface area (Å²) in [5.74, 6) is -0.852. The Morgan fingerprint density at radius 1 is 1.00 bits per heavy atom. The van der Waals surface area contributed by atoms with Crippen molar-refractivity contribution >= 4 is 45.0 Å². The third-order valence-corrected chi connectivity index (χ3v) is 7.02. The van der Waals surface area contributed by atoms with Crippen molar-refractivity contribution < 1.29 is 18.0 Å². The molecule has 2 amide bonds. The van der Waals surface area contributed by atoms with Crippen molar-refractivity contribution in [2.45, 2.75) is 44.3 Å². The van der Waals surface area contributed by atoms with Gasteiger partial charge in [-0.15, -0.1) is 0 Å². The fourth-order valence-electron chi connectivity index (χ4n) is 2.97. The number of rotatable bonds is 9. The van der Waals surface area contributed by atoms with E-state index >= 15 is 0 Å². The molecule has 0 aliphatic rings. The van der Waals surface area contributed by atoms with Crippen molar-refractivity contribution in [1.82, 2.24) is 14.5 Å². The number of nitrogens with one attached hydrogen (secondary N) is 1. The van der Waals surface area contributed by atoms with Gasteiger partial charge in [0.05, 0.1) is 11.4 Å². The van der Waals surface area contributed by atoms with Crippen LogP contribution in [0, 0.1) is 0 Å². The smallest absolute Gasteiger partial charge is 0.243 e. The molecule has 1 N–H and O–H groups in total. The van der Waals surface area contributed by atoms with Crippen molar-refractivity contribution in [2.75, 3.05) is 13.6 Å². The molecule has 0 radical (unpaired) electrons. The number of benzene rings is 2. The maximum absolute atomic E-state index is 13.2. The van der Waals surface area contributed by atoms with Crippen LogP contribution in [0.4, 0.5) is 0 Å². The highest BCUT2D eigenvalue weighted by molar-refractivity contribution is 7.89. The van der Waals surface area contributed by atoms with E-state index in [1.54, 1.807) is 31.2 Å². The van der Waals surface area contributed by atoms with Crippen molar-refractivity contribution in [3.63, 3.8) is 0 Å². The van der Waals surface area contributed by atoms with Crippen LogP contribution < -0.4 is 5.32 Å². The molecule has 0 aliphatic heterocycles. The molecule has 10 heteroatoms. The molecule has 1 unspecified atom stereocenters. The second kappa shape index (κ2) is 11.1. The number of likely N-dealkylation sites (N-methyl/N-ethyl adjacent to an activating group) is 1. The van der Waals surface area contributed by atoms with E-state index in [1.807, 2.05) is 13.8 Å². The maximum Gasteiger partial charge on any atom is 0.243 e. The molecule has 2 aromatic carbocycles. The first-order chi connectivity index (χ1) is 14.9. The van der Waals surface area contributed by atoms with Crippen molar-refractivity contribution in [3.8, 4) is 0 Å². The molecule has 7 nitrogen and oxygen atoms in total. The molecule has 174 valence electrons. The number of halogens is 2. The lowest BCUT2D eigenvalue weighted by atomic mass is 10.1. The SMILES string of the molecule is CC(C)NC(=O)C(C)N(Cc1cccc(Cl)c1)C(=O)CN(C)S(=O)(=O)c1ccc(Cl)cc1. The highest BCUT2D eigenvalue weighted by atomic mass is 35.5. The normalized spacial score (nSPS) is 12.6. The van der Waals surface area contributed by atoms with Crippen LogP contribution in [0.25, 0.3) is 0 Å². The minimum Gasteiger partial charge on any atom is -0.352 e. The summed E-state index contributed by atoms with van der Waals surface area (Å²) >= 11 is 11.9. The van der Waals surface area contributed by atoms with Crippen LogP contribution in [0.5, 0.6) is 0 Å². The monoisotopic (exact) mass is 499 g/mol. The predicted octanol–water partition coefficient (Wildman–Crippen LogP) is 3.56. The number of hydrogen-bond donors (Lipinski definition) is 1. The summed E-state index contributed by atoms with van der Waals surface area (Å²) in [5, 5.41) is 3.69. The van der Waals surface area contributed by atoms with Gasteiger partial charge < -0.3 is 10.2 Å². The van der Waals surface area contributed by atoms with E-state index in [0.29, 0.717) is 10.0 Å². The average molecular weight is 500 g/mol. The first kappa shape index (κ1) is 26.1. The number of amides is 2. The third kappa shape index (κ3) is 6.93. The summed E-state index contributed by atoms with van der Waals surface area (Å²) < 4.78 is 26.7. The van der Waals surface area contributed by atoms with Gasteiger partial charge in [0.15, 0.2) is 0 Å². The third-order valence-electron chi connectivity index (χ3n) is 4.72. The number of carbonyl (C=O) groups excluding carboxylic acids is 2. The molecule has 1 atom stereocenters. The summed E-state index contributed by atoms with van der Waals surface area (Å²) in [6, 6.07) is 11.7. The van der Waals surface area contributed by atoms with Crippen LogP contribution >= 0.6 is 23.2 Å². The average Bonchev–Trinajstić information content (AvgIpc) is 2.71. The molecule has 0 spiro atoms. The Morgan fingerprint density at radius 3 is 2.19 bits per heavy atom. The Bertz CT molecular complexity index is 1060. The second-order valence-electron chi connectivity index (χ2n) is 7.71. The van der Waals surface area contributed by atoms with Gasteiger partial charge in [-0.05, 0) is 62.7 Å². The van der Waals surface area contributed by atoms with E-state index < -0.39 is 28.5 Å². The minimum absolute atomic E-state index is 0.0178. The van der Waals surface area contributed by atoms with Crippen molar-refractivity contribution in [1.29, 1.82) is 0 Å². The summed E-state index contributed by atoms with van der Waals surface area (Å²) in [5.41, 5.74) is 0.721. The molecule has 0 fully saturated rings. The van der Waals surface area contributed by atoms with Gasteiger partial charge in [-0.1, -0.05) is 35.3 Å². The minimum atomic E-state index is -3.92. The zero-order valence-corrected chi connectivity index (χ0v) is 20.7. The molecule has 0 bridgehead atoms. The number of sulfonamides is 1.